The molecule has 0 bridgehead atoms. The minimum absolute atomic E-state index is 0.0598. The molecule has 0 saturated carbocycles. The van der Waals surface area contributed by atoms with Gasteiger partial charge >= 0.3 is 12.2 Å². The maximum atomic E-state index is 12.6. The maximum Gasteiger partial charge on any atom is 0.403 e. The zero-order valence-corrected chi connectivity index (χ0v) is 12.9. The molecule has 20 heavy (non-hydrogen) atoms. The summed E-state index contributed by atoms with van der Waals surface area (Å²) in [6.45, 7) is 4.25. The Morgan fingerprint density at radius 1 is 1.25 bits per heavy atom. The minimum atomic E-state index is -4.21. The fraction of sp³-hybridized carbons (Fsp3) is 0.917. The van der Waals surface area contributed by atoms with Crippen LogP contribution in [0.4, 0.5) is 18.0 Å². The molecular weight excluding hydrogens is 291 g/mol. The Morgan fingerprint density at radius 2 is 1.80 bits per heavy atom. The summed E-state index contributed by atoms with van der Waals surface area (Å²) in [5.41, 5.74) is 0. The molecule has 2 amide bonds. The van der Waals surface area contributed by atoms with E-state index in [1.54, 1.807) is 16.7 Å². The molecular formula is C12H22F3N3OS. The number of nitrogens with one attached hydrogen (secondary N) is 1. The van der Waals surface area contributed by atoms with Crippen molar-refractivity contribution >= 4 is 17.8 Å². The summed E-state index contributed by atoms with van der Waals surface area (Å²) in [5.74, 6) is 0.816. The van der Waals surface area contributed by atoms with Gasteiger partial charge in [-0.2, -0.15) is 24.9 Å². The molecule has 1 aliphatic heterocycles. The number of alkyl halides is 3. The fourth-order valence-corrected chi connectivity index (χ4v) is 2.70. The summed E-state index contributed by atoms with van der Waals surface area (Å²) in [5, 5.41) is 2.85. The van der Waals surface area contributed by atoms with Crippen LogP contribution in [0.3, 0.4) is 0 Å². The molecule has 118 valence electrons. The molecule has 1 saturated heterocycles. The number of piperazine rings is 1. The van der Waals surface area contributed by atoms with Crippen LogP contribution in [0.5, 0.6) is 0 Å². The quantitative estimate of drug-likeness (QED) is 0.862. The van der Waals surface area contributed by atoms with Crippen LogP contribution in [0, 0.1) is 0 Å². The van der Waals surface area contributed by atoms with Crippen molar-refractivity contribution in [1.82, 2.24) is 15.1 Å². The second-order valence-corrected chi connectivity index (χ2v) is 5.96. The maximum absolute atomic E-state index is 12.6. The molecule has 8 heteroatoms. The lowest BCUT2D eigenvalue weighted by Gasteiger charge is -2.38. The first-order chi connectivity index (χ1) is 9.25. The Kier molecular flexibility index (Phi) is 6.44. The number of carbonyl (C=O) groups excluding carboxylic acids is 1. The van der Waals surface area contributed by atoms with Gasteiger partial charge in [-0.1, -0.05) is 0 Å². The monoisotopic (exact) mass is 313 g/mol. The van der Waals surface area contributed by atoms with Gasteiger partial charge in [0.05, 0.1) is 0 Å². The highest BCUT2D eigenvalue weighted by molar-refractivity contribution is 7.98. The van der Waals surface area contributed by atoms with Crippen LogP contribution in [0.1, 0.15) is 13.8 Å². The van der Waals surface area contributed by atoms with Crippen molar-refractivity contribution in [3.8, 4) is 0 Å². The van der Waals surface area contributed by atoms with Crippen LogP contribution in [0.15, 0.2) is 0 Å². The fourth-order valence-electron chi connectivity index (χ4n) is 2.11. The second kappa shape index (κ2) is 7.40. The largest absolute Gasteiger partial charge is 0.403 e. The Hall–Kier alpha value is -0.630. The SMILES string of the molecule is CSC[C@H](C)NC(=O)N1CCN([C@H](C)C(F)(F)F)CC1. The third kappa shape index (κ3) is 5.05. The van der Waals surface area contributed by atoms with E-state index in [0.717, 1.165) is 12.7 Å². The lowest BCUT2D eigenvalue weighted by Crippen LogP contribution is -2.57. The molecule has 2 atom stereocenters. The van der Waals surface area contributed by atoms with Crippen LogP contribution < -0.4 is 5.32 Å². The van der Waals surface area contributed by atoms with Crippen molar-refractivity contribution in [3.05, 3.63) is 0 Å². The standard InChI is InChI=1S/C12H22F3N3OS/c1-9(8-20-3)16-11(19)18-6-4-17(5-7-18)10(2)12(13,14)15/h9-10H,4-8H2,1-3H3,(H,16,19)/t9-,10+/m0/s1. The molecule has 1 rings (SSSR count). The molecule has 0 aromatic rings. The molecule has 0 radical (unpaired) electrons. The molecule has 1 N–H and O–H groups in total. The molecule has 1 fully saturated rings. The Balaban J connectivity index is 2.40. The van der Waals surface area contributed by atoms with Crippen molar-refractivity contribution in [2.75, 3.05) is 38.2 Å². The highest BCUT2D eigenvalue weighted by atomic mass is 32.2. The highest BCUT2D eigenvalue weighted by Crippen LogP contribution is 2.25. The third-order valence-corrected chi connectivity index (χ3v) is 4.24. The minimum Gasteiger partial charge on any atom is -0.335 e. The highest BCUT2D eigenvalue weighted by Gasteiger charge is 2.41. The van der Waals surface area contributed by atoms with Gasteiger partial charge in [0.15, 0.2) is 0 Å². The van der Waals surface area contributed by atoms with E-state index in [9.17, 15) is 18.0 Å². The van der Waals surface area contributed by atoms with Crippen molar-refractivity contribution in [2.24, 2.45) is 0 Å². The van der Waals surface area contributed by atoms with E-state index in [0.29, 0.717) is 13.1 Å². The third-order valence-electron chi connectivity index (χ3n) is 3.41. The number of carbonyl (C=O) groups is 1. The van der Waals surface area contributed by atoms with Crippen LogP contribution in [0.25, 0.3) is 0 Å². The van der Waals surface area contributed by atoms with Gasteiger partial charge in [-0.05, 0) is 20.1 Å². The second-order valence-electron chi connectivity index (χ2n) is 5.05. The van der Waals surface area contributed by atoms with E-state index in [1.165, 1.54) is 4.90 Å². The predicted octanol–water partition coefficient (Wildman–Crippen LogP) is 2.02. The number of rotatable bonds is 4. The molecule has 4 nitrogen and oxygen atoms in total. The van der Waals surface area contributed by atoms with Gasteiger partial charge in [0, 0.05) is 38.0 Å². The van der Waals surface area contributed by atoms with Crippen molar-refractivity contribution < 1.29 is 18.0 Å². The normalized spacial score (nSPS) is 20.6. The van der Waals surface area contributed by atoms with E-state index >= 15 is 0 Å². The summed E-state index contributed by atoms with van der Waals surface area (Å²) in [6, 6.07) is -1.58. The van der Waals surface area contributed by atoms with Crippen LogP contribution in [-0.4, -0.2) is 72.3 Å². The summed E-state index contributed by atoms with van der Waals surface area (Å²) < 4.78 is 37.8. The molecule has 0 aromatic heterocycles. The lowest BCUT2D eigenvalue weighted by atomic mass is 10.2. The number of nitrogens with zero attached hydrogens (tertiary/aromatic N) is 2. The van der Waals surface area contributed by atoms with E-state index in [-0.39, 0.29) is 25.2 Å². The summed E-state index contributed by atoms with van der Waals surface area (Å²) in [4.78, 5) is 14.9. The van der Waals surface area contributed by atoms with Gasteiger partial charge in [-0.3, -0.25) is 4.90 Å². The van der Waals surface area contributed by atoms with E-state index < -0.39 is 12.2 Å². The number of thioether (sulfide) groups is 1. The molecule has 0 unspecified atom stereocenters. The van der Waals surface area contributed by atoms with Crippen LogP contribution in [-0.2, 0) is 0 Å². The van der Waals surface area contributed by atoms with Crippen molar-refractivity contribution in [1.29, 1.82) is 0 Å². The van der Waals surface area contributed by atoms with Crippen molar-refractivity contribution in [2.45, 2.75) is 32.1 Å². The number of hydrogen-bond acceptors (Lipinski definition) is 3. The summed E-state index contributed by atoms with van der Waals surface area (Å²) >= 11 is 1.64. The first kappa shape index (κ1) is 17.4. The van der Waals surface area contributed by atoms with Gasteiger partial charge < -0.3 is 10.2 Å². The number of amides is 2. The molecule has 0 aliphatic carbocycles. The topological polar surface area (TPSA) is 35.6 Å². The van der Waals surface area contributed by atoms with E-state index in [4.69, 9.17) is 0 Å². The Labute approximate surface area is 122 Å². The summed E-state index contributed by atoms with van der Waals surface area (Å²) in [7, 11) is 0. The zero-order chi connectivity index (χ0) is 15.3. The first-order valence-corrected chi connectivity index (χ1v) is 8.00. The number of halogens is 3. The zero-order valence-electron chi connectivity index (χ0n) is 12.0. The Morgan fingerprint density at radius 3 is 2.25 bits per heavy atom. The summed E-state index contributed by atoms with van der Waals surface area (Å²) in [6.07, 6.45) is -2.25. The van der Waals surface area contributed by atoms with Crippen LogP contribution >= 0.6 is 11.8 Å². The molecule has 0 spiro atoms. The van der Waals surface area contributed by atoms with Gasteiger partial charge in [0.2, 0.25) is 0 Å². The van der Waals surface area contributed by atoms with Gasteiger partial charge in [-0.15, -0.1) is 0 Å². The molecule has 1 aliphatic rings. The average molecular weight is 313 g/mol. The van der Waals surface area contributed by atoms with Crippen molar-refractivity contribution in [3.63, 3.8) is 0 Å². The van der Waals surface area contributed by atoms with Gasteiger partial charge in [-0.25, -0.2) is 4.79 Å². The molecule has 1 heterocycles. The number of urea groups is 1. The smallest absolute Gasteiger partial charge is 0.335 e. The van der Waals surface area contributed by atoms with Crippen LogP contribution in [0.2, 0.25) is 0 Å². The van der Waals surface area contributed by atoms with E-state index in [2.05, 4.69) is 5.32 Å². The Bertz CT molecular complexity index is 320. The average Bonchev–Trinajstić information content (AvgIpc) is 2.37. The van der Waals surface area contributed by atoms with Gasteiger partial charge in [0.25, 0.3) is 0 Å². The lowest BCUT2D eigenvalue weighted by molar-refractivity contribution is -0.181. The number of hydrogen-bond donors (Lipinski definition) is 1. The predicted molar refractivity (Wildman–Crippen MR) is 75.0 cm³/mol. The van der Waals surface area contributed by atoms with Gasteiger partial charge in [0.1, 0.15) is 6.04 Å². The molecule has 0 aromatic carbocycles. The first-order valence-electron chi connectivity index (χ1n) is 6.61. The van der Waals surface area contributed by atoms with E-state index in [1.807, 2.05) is 13.2 Å².